The van der Waals surface area contributed by atoms with E-state index in [1.165, 1.54) is 17.2 Å². The van der Waals surface area contributed by atoms with Crippen molar-refractivity contribution in [3.63, 3.8) is 0 Å². The molecule has 360 valence electrons. The molecule has 3 fully saturated rings. The summed E-state index contributed by atoms with van der Waals surface area (Å²) in [4.78, 5) is 55.8. The van der Waals surface area contributed by atoms with Gasteiger partial charge < -0.3 is 40.9 Å². The third kappa shape index (κ3) is 11.5. The Hall–Kier alpha value is -2.86. The SMILES string of the molecule is CC(C)C(=O)Nc1nc2c(ncn2[C@@H]2O[C@@H]3CO[Si](C(C)C)(C(C)C)O[Si](C(C)C)(C(C)C)O[C@H]3[C@@H]2OP(=S)(OCCC#N)OC[C@H]2C[C@@H](Oc3ccncn3)C[C@@H]2O[PH](=O)O)c(=O)[nH]1. The Morgan fingerprint density at radius 3 is 2.42 bits per heavy atom. The van der Waals surface area contributed by atoms with Gasteiger partial charge in [-0.1, -0.05) is 69.2 Å². The fraction of sp³-hybridized carbons (Fsp3) is 0.718. The Kier molecular flexibility index (Phi) is 17.1. The Labute approximate surface area is 386 Å². The van der Waals surface area contributed by atoms with Crippen LogP contribution in [0.3, 0.4) is 0 Å². The van der Waals surface area contributed by atoms with Crippen molar-refractivity contribution in [3.05, 3.63) is 35.3 Å². The second-order valence-electron chi connectivity index (χ2n) is 18.0. The lowest BCUT2D eigenvalue weighted by atomic mass is 10.1. The molecule has 1 saturated carbocycles. The molecule has 21 nitrogen and oxygen atoms in total. The molecular formula is C39H62N8O13P2SSi2. The first-order chi connectivity index (χ1) is 30.7. The lowest BCUT2D eigenvalue weighted by Crippen LogP contribution is -2.65. The van der Waals surface area contributed by atoms with Crippen molar-refractivity contribution in [2.75, 3.05) is 25.1 Å². The summed E-state index contributed by atoms with van der Waals surface area (Å²) >= 11 is 6.20. The molecule has 2 saturated heterocycles. The Morgan fingerprint density at radius 1 is 1.09 bits per heavy atom. The van der Waals surface area contributed by atoms with Crippen LogP contribution in [0.4, 0.5) is 5.95 Å². The maximum absolute atomic E-state index is 13.5. The summed E-state index contributed by atoms with van der Waals surface area (Å²) in [5.41, 5.74) is -0.662. The number of fused-ring (bicyclic) bond motifs is 2. The van der Waals surface area contributed by atoms with Gasteiger partial charge in [0.2, 0.25) is 17.7 Å². The van der Waals surface area contributed by atoms with Gasteiger partial charge in [0.1, 0.15) is 30.7 Å². The lowest BCUT2D eigenvalue weighted by molar-refractivity contribution is -0.118. The van der Waals surface area contributed by atoms with Crippen LogP contribution < -0.4 is 15.6 Å². The van der Waals surface area contributed by atoms with Crippen LogP contribution in [0.15, 0.2) is 29.7 Å². The maximum atomic E-state index is 13.5. The molecule has 0 spiro atoms. The normalized spacial score (nSPS) is 26.8. The van der Waals surface area contributed by atoms with Gasteiger partial charge in [0.15, 0.2) is 17.4 Å². The second-order valence-corrected chi connectivity index (χ2v) is 30.6. The van der Waals surface area contributed by atoms with E-state index in [0.29, 0.717) is 12.3 Å². The molecule has 3 aromatic rings. The first-order valence-electron chi connectivity index (χ1n) is 21.9. The highest BCUT2D eigenvalue weighted by Crippen LogP contribution is 2.57. The van der Waals surface area contributed by atoms with Crippen LogP contribution in [0.2, 0.25) is 22.2 Å². The van der Waals surface area contributed by atoms with Gasteiger partial charge in [0.25, 0.3) is 5.56 Å². The number of anilines is 1. The van der Waals surface area contributed by atoms with Gasteiger partial charge in [-0.05, 0) is 40.4 Å². The molecule has 1 aliphatic carbocycles. The highest BCUT2D eigenvalue weighted by Gasteiger charge is 2.63. The van der Waals surface area contributed by atoms with Gasteiger partial charge in [-0.3, -0.25) is 33.5 Å². The number of rotatable bonds is 19. The third-order valence-corrected chi connectivity index (χ3v) is 25.0. The number of nitrogens with zero attached hydrogens (tertiary/aromatic N) is 6. The molecule has 0 aromatic carbocycles. The predicted molar refractivity (Wildman–Crippen MR) is 246 cm³/mol. The van der Waals surface area contributed by atoms with Crippen LogP contribution in [0.1, 0.15) is 94.7 Å². The predicted octanol–water partition coefficient (Wildman–Crippen LogP) is 6.54. The van der Waals surface area contributed by atoms with Gasteiger partial charge in [-0.25, -0.2) is 15.0 Å². The van der Waals surface area contributed by atoms with Crippen LogP contribution in [0.25, 0.3) is 11.2 Å². The quantitative estimate of drug-likeness (QED) is 0.0654. The van der Waals surface area contributed by atoms with E-state index >= 15 is 0 Å². The second kappa shape index (κ2) is 21.6. The number of hydrogen-bond acceptors (Lipinski definition) is 18. The van der Waals surface area contributed by atoms with E-state index in [1.807, 2.05) is 0 Å². The van der Waals surface area contributed by atoms with Crippen LogP contribution in [0, 0.1) is 23.2 Å². The number of H-pyrrole nitrogens is 1. The van der Waals surface area contributed by atoms with Crippen molar-refractivity contribution in [1.29, 1.82) is 5.26 Å². The van der Waals surface area contributed by atoms with Crippen molar-refractivity contribution in [2.45, 2.75) is 147 Å². The van der Waals surface area contributed by atoms with Gasteiger partial charge in [-0.15, -0.1) is 0 Å². The monoisotopic (exact) mass is 1000 g/mol. The van der Waals surface area contributed by atoms with E-state index in [-0.39, 0.29) is 77.8 Å². The Bertz CT molecular complexity index is 2270. The van der Waals surface area contributed by atoms with Gasteiger partial charge in [-0.2, -0.15) is 10.2 Å². The molecule has 3 N–H and O–H groups in total. The summed E-state index contributed by atoms with van der Waals surface area (Å²) in [6, 6.07) is 3.67. The zero-order chi connectivity index (χ0) is 47.4. The number of aromatic amines is 1. The topological polar surface area (TPSA) is 263 Å². The molecule has 5 heterocycles. The summed E-state index contributed by atoms with van der Waals surface area (Å²) in [6.45, 7) is 16.0. The molecule has 0 bridgehead atoms. The van der Waals surface area contributed by atoms with E-state index in [9.17, 15) is 24.3 Å². The number of nitrogens with one attached hydrogen (secondary N) is 2. The van der Waals surface area contributed by atoms with E-state index < -0.39 is 86.2 Å². The smallest absolute Gasteiger partial charge is 0.335 e. The van der Waals surface area contributed by atoms with E-state index in [2.05, 4.69) is 91.7 Å². The highest BCUT2D eigenvalue weighted by molar-refractivity contribution is 8.07. The minimum absolute atomic E-state index is 0.0334. The fourth-order valence-electron chi connectivity index (χ4n) is 8.63. The number of carbonyl (C=O) groups is 1. The fourth-order valence-corrected chi connectivity index (χ4v) is 22.5. The minimum atomic E-state index is -3.94. The standard InChI is InChI=1S/C39H62N8O13P2SSi2/c1-22(2)36(48)45-39-44-35-32(37(49)46-39)43-21-47(35)38-34(33-30(56-38)19-54-64(23(3)4,24(5)6)60-65(59-33,25(7)8)26(9)10)58-62(63,52-15-11-13-40)53-18-27-16-28(17-29(27)57-61(50)51)55-31-12-14-41-20-42-31/h12,14,20-30,33-34,38,61H,11,15-19H2,1-10H3,(H,50,51)(H2,44,45,46,48,49)/t27-,28-,29+,30-,33-,34+,38-,62?/m1/s1. The molecule has 9 atom stereocenters. The lowest BCUT2D eigenvalue weighted by Gasteiger charge is -2.51. The van der Waals surface area contributed by atoms with E-state index in [1.54, 1.807) is 26.1 Å². The molecule has 1 amide bonds. The van der Waals surface area contributed by atoms with E-state index in [0.717, 1.165) is 0 Å². The first kappa shape index (κ1) is 51.5. The summed E-state index contributed by atoms with van der Waals surface area (Å²) in [5, 5.41) is 12.2. The molecule has 65 heavy (non-hydrogen) atoms. The summed E-state index contributed by atoms with van der Waals surface area (Å²) in [5.74, 6) is -1.07. The summed E-state index contributed by atoms with van der Waals surface area (Å²) in [7, 11) is -9.76. The molecule has 3 aliphatic rings. The number of hydrogen-bond donors (Lipinski definition) is 3. The van der Waals surface area contributed by atoms with Gasteiger partial charge >= 0.3 is 32.1 Å². The van der Waals surface area contributed by atoms with Crippen LogP contribution >= 0.6 is 15.0 Å². The number of nitriles is 1. The summed E-state index contributed by atoms with van der Waals surface area (Å²) in [6.07, 6.45) is -0.445. The number of carbonyl (C=O) groups excluding carboxylic acids is 1. The number of aromatic nitrogens is 6. The average Bonchev–Trinajstić information content (AvgIpc) is 3.91. The third-order valence-electron chi connectivity index (χ3n) is 11.9. The number of amides is 1. The maximum Gasteiger partial charge on any atom is 0.335 e. The summed E-state index contributed by atoms with van der Waals surface area (Å²) < 4.78 is 73.8. The van der Waals surface area contributed by atoms with Crippen molar-refractivity contribution in [2.24, 2.45) is 11.8 Å². The molecule has 6 rings (SSSR count). The zero-order valence-corrected chi connectivity index (χ0v) is 43.1. The largest absolute Gasteiger partial charge is 0.474 e. The van der Waals surface area contributed by atoms with Crippen molar-refractivity contribution >= 4 is 66.9 Å². The van der Waals surface area contributed by atoms with Crippen molar-refractivity contribution in [3.8, 4) is 11.9 Å². The Balaban J connectivity index is 1.44. The molecule has 26 heteroatoms. The highest BCUT2D eigenvalue weighted by atomic mass is 32.5. The molecule has 0 radical (unpaired) electrons. The van der Waals surface area contributed by atoms with E-state index in [4.69, 9.17) is 52.3 Å². The number of imidazole rings is 1. The number of ether oxygens (including phenoxy) is 2. The molecule has 3 aromatic heterocycles. The van der Waals surface area contributed by atoms with Crippen molar-refractivity contribution in [1.82, 2.24) is 29.5 Å². The zero-order valence-electron chi connectivity index (χ0n) is 38.4. The Morgan fingerprint density at radius 2 is 1.80 bits per heavy atom. The van der Waals surface area contributed by atoms with Gasteiger partial charge in [0, 0.05) is 30.5 Å². The minimum Gasteiger partial charge on any atom is -0.474 e. The molecule has 2 unspecified atom stereocenters. The first-order valence-corrected chi connectivity index (χ1v) is 29.7. The van der Waals surface area contributed by atoms with Crippen LogP contribution in [-0.2, 0) is 57.0 Å². The van der Waals surface area contributed by atoms with Crippen LogP contribution in [-0.4, -0.2) is 108 Å². The average molecular weight is 1000 g/mol. The van der Waals surface area contributed by atoms with Gasteiger partial charge in [0.05, 0.1) is 44.7 Å². The van der Waals surface area contributed by atoms with Crippen molar-refractivity contribution < 1.29 is 54.8 Å². The molecule has 2 aliphatic heterocycles. The van der Waals surface area contributed by atoms with Crippen LogP contribution in [0.5, 0.6) is 5.88 Å². The molecular weight excluding hydrogens is 939 g/mol.